The van der Waals surface area contributed by atoms with E-state index in [1.807, 2.05) is 0 Å². The van der Waals surface area contributed by atoms with Crippen LogP contribution in [-0.2, 0) is 23.7 Å². The summed E-state index contributed by atoms with van der Waals surface area (Å²) in [5.41, 5.74) is 4.92. The van der Waals surface area contributed by atoms with Gasteiger partial charge in [0.15, 0.2) is 10.5 Å². The van der Waals surface area contributed by atoms with E-state index in [0.717, 1.165) is 11.7 Å². The zero-order chi connectivity index (χ0) is 9.61. The fourth-order valence-corrected chi connectivity index (χ4v) is 1.15. The molecular formula is C6H11NO4S. The number of carbonyl (C=O) groups excluding carboxylic acids is 1. The highest BCUT2D eigenvalue weighted by atomic mass is 32.3. The third kappa shape index (κ3) is 3.31. The Labute approximate surface area is 71.7 Å². The quantitative estimate of drug-likeness (QED) is 0.460. The minimum absolute atomic E-state index is 0.363. The third-order valence-corrected chi connectivity index (χ3v) is 2.19. The summed E-state index contributed by atoms with van der Waals surface area (Å²) in [6, 6.07) is 0. The van der Waals surface area contributed by atoms with Gasteiger partial charge < -0.3 is 14.1 Å². The second kappa shape index (κ2) is 4.68. The lowest BCUT2D eigenvalue weighted by Crippen LogP contribution is -2.24. The molecule has 0 aliphatic heterocycles. The minimum Gasteiger partial charge on any atom is -0.404 e. The molecule has 6 heteroatoms. The molecule has 0 radical (unpaired) electrons. The Morgan fingerprint density at radius 2 is 2.17 bits per heavy atom. The zero-order valence-electron chi connectivity index (χ0n) is 6.43. The van der Waals surface area contributed by atoms with Crippen molar-refractivity contribution >= 4 is 16.5 Å². The van der Waals surface area contributed by atoms with Crippen LogP contribution in [0.15, 0.2) is 24.8 Å². The van der Waals surface area contributed by atoms with E-state index in [2.05, 4.69) is 21.5 Å². The zero-order valence-corrected chi connectivity index (χ0v) is 7.33. The van der Waals surface area contributed by atoms with Gasteiger partial charge in [-0.3, -0.25) is 0 Å². The van der Waals surface area contributed by atoms with Gasteiger partial charge in [-0.05, 0) is 0 Å². The first-order valence-electron chi connectivity index (χ1n) is 3.03. The molecule has 0 amide bonds. The Morgan fingerprint density at radius 3 is 2.50 bits per heavy atom. The molecule has 0 saturated carbocycles. The lowest BCUT2D eigenvalue weighted by Gasteiger charge is -2.18. The van der Waals surface area contributed by atoms with Gasteiger partial charge in [0.1, 0.15) is 0 Å². The summed E-state index contributed by atoms with van der Waals surface area (Å²) in [6.45, 7) is 5.98. The van der Waals surface area contributed by atoms with Gasteiger partial charge in [-0.15, -0.1) is 0 Å². The van der Waals surface area contributed by atoms with E-state index in [9.17, 15) is 9.00 Å². The molecule has 0 unspecified atom stereocenters. The van der Waals surface area contributed by atoms with E-state index in [0.29, 0.717) is 0 Å². The van der Waals surface area contributed by atoms with Crippen LogP contribution in [0, 0.1) is 0 Å². The van der Waals surface area contributed by atoms with Crippen LogP contribution in [0.5, 0.6) is 0 Å². The van der Waals surface area contributed by atoms with Gasteiger partial charge in [0.2, 0.25) is 0 Å². The molecule has 5 nitrogen and oxygen atoms in total. The van der Waals surface area contributed by atoms with E-state index in [1.54, 1.807) is 0 Å². The van der Waals surface area contributed by atoms with Gasteiger partial charge in [0.25, 0.3) is 0 Å². The molecule has 0 atom stereocenters. The summed E-state index contributed by atoms with van der Waals surface area (Å²) in [5.74, 6) is -0.819. The van der Waals surface area contributed by atoms with Crippen LogP contribution >= 0.6 is 0 Å². The lowest BCUT2D eigenvalue weighted by atomic mass is 10.7. The minimum atomic E-state index is -3.56. The molecule has 0 rings (SSSR count). The molecule has 0 aromatic rings. The molecule has 12 heavy (non-hydrogen) atoms. The average molecular weight is 193 g/mol. The van der Waals surface area contributed by atoms with E-state index < -0.39 is 16.5 Å². The number of carbonyl (C=O) groups is 1. The highest BCUT2D eigenvalue weighted by Gasteiger charge is 2.13. The molecule has 0 fully saturated rings. The van der Waals surface area contributed by atoms with Crippen molar-refractivity contribution in [2.45, 2.75) is 0 Å². The van der Waals surface area contributed by atoms with Gasteiger partial charge in [-0.2, -0.15) is 0 Å². The maximum absolute atomic E-state index is 11.2. The first-order chi connectivity index (χ1) is 5.58. The Bertz CT molecular complexity index is 238. The molecule has 0 heterocycles. The van der Waals surface area contributed by atoms with E-state index in [-0.39, 0.29) is 6.54 Å². The van der Waals surface area contributed by atoms with Crippen molar-refractivity contribution in [3.8, 4) is 0 Å². The van der Waals surface area contributed by atoms with Crippen LogP contribution in [0.3, 0.4) is 0 Å². The molecule has 70 valence electrons. The summed E-state index contributed by atoms with van der Waals surface area (Å²) < 4.78 is 20.1. The van der Waals surface area contributed by atoms with Crippen molar-refractivity contribution in [2.24, 2.45) is 5.73 Å². The Kier molecular flexibility index (Phi) is 4.24. The smallest absolute Gasteiger partial charge is 0.334 e. The van der Waals surface area contributed by atoms with Gasteiger partial charge in [-0.1, -0.05) is 13.2 Å². The molecule has 0 aliphatic rings. The van der Waals surface area contributed by atoms with Crippen LogP contribution < -0.4 is 5.73 Å². The Hall–Kier alpha value is -1.14. The number of nitrogens with two attached hydrogens (primary N) is 1. The van der Waals surface area contributed by atoms with Crippen LogP contribution in [0.4, 0.5) is 0 Å². The fourth-order valence-electron chi connectivity index (χ4n) is 0.385. The van der Waals surface area contributed by atoms with Crippen molar-refractivity contribution in [2.75, 3.05) is 6.54 Å². The summed E-state index contributed by atoms with van der Waals surface area (Å²) in [6.07, 6.45) is 0.909. The SMILES string of the molecule is C=CO[SH](=O)(C=C)OC(=O)CN. The summed E-state index contributed by atoms with van der Waals surface area (Å²) >= 11 is 0. The topological polar surface area (TPSA) is 78.6 Å². The number of thiol groups is 1. The average Bonchev–Trinajstić information content (AvgIpc) is 2.05. The molecule has 0 bridgehead atoms. The number of hydrogen-bond donors (Lipinski definition) is 2. The Morgan fingerprint density at radius 1 is 1.58 bits per heavy atom. The van der Waals surface area contributed by atoms with Crippen LogP contribution in [-0.4, -0.2) is 16.7 Å². The second-order valence-electron chi connectivity index (χ2n) is 1.66. The van der Waals surface area contributed by atoms with E-state index in [4.69, 9.17) is 5.73 Å². The maximum atomic E-state index is 11.2. The summed E-state index contributed by atoms with van der Waals surface area (Å²) in [4.78, 5) is 10.6. The van der Waals surface area contributed by atoms with Gasteiger partial charge in [-0.25, -0.2) is 9.00 Å². The van der Waals surface area contributed by atoms with Gasteiger partial charge in [0, 0.05) is 5.41 Å². The van der Waals surface area contributed by atoms with Crippen LogP contribution in [0.25, 0.3) is 0 Å². The van der Waals surface area contributed by atoms with Gasteiger partial charge in [0.05, 0.1) is 12.8 Å². The van der Waals surface area contributed by atoms with Crippen molar-refractivity contribution in [1.29, 1.82) is 0 Å². The first-order valence-corrected chi connectivity index (χ1v) is 4.64. The van der Waals surface area contributed by atoms with Gasteiger partial charge >= 0.3 is 5.97 Å². The molecule has 0 aliphatic carbocycles. The molecule has 0 saturated heterocycles. The predicted molar refractivity (Wildman–Crippen MR) is 46.2 cm³/mol. The lowest BCUT2D eigenvalue weighted by molar-refractivity contribution is -0.132. The van der Waals surface area contributed by atoms with Crippen LogP contribution in [0.1, 0.15) is 0 Å². The largest absolute Gasteiger partial charge is 0.404 e. The predicted octanol–water partition coefficient (Wildman–Crippen LogP) is -0.361. The van der Waals surface area contributed by atoms with E-state index in [1.165, 1.54) is 0 Å². The molecule has 0 aromatic carbocycles. The third-order valence-electron chi connectivity index (χ3n) is 0.841. The van der Waals surface area contributed by atoms with Crippen LogP contribution in [0.2, 0.25) is 0 Å². The molecular weight excluding hydrogens is 182 g/mol. The molecule has 2 N–H and O–H groups in total. The summed E-state index contributed by atoms with van der Waals surface area (Å²) in [5, 5.41) is 0.905. The normalized spacial score (nSPS) is 11.4. The Balaban J connectivity index is 4.33. The highest BCUT2D eigenvalue weighted by Crippen LogP contribution is 2.09. The highest BCUT2D eigenvalue weighted by molar-refractivity contribution is 7.97. The number of hydrogen-bond acceptors (Lipinski definition) is 5. The van der Waals surface area contributed by atoms with Crippen molar-refractivity contribution in [3.05, 3.63) is 24.8 Å². The molecule has 0 spiro atoms. The standard InChI is InChI=1S/C6H11NO4S/c1-3-10-12(9,4-2)11-6(8)5-7/h3-4,12H,1-2,5,7H2. The van der Waals surface area contributed by atoms with E-state index >= 15 is 0 Å². The maximum Gasteiger partial charge on any atom is 0.334 e. The molecule has 0 aromatic heterocycles. The van der Waals surface area contributed by atoms with Crippen molar-refractivity contribution < 1.29 is 17.4 Å². The van der Waals surface area contributed by atoms with Crippen molar-refractivity contribution in [3.63, 3.8) is 0 Å². The monoisotopic (exact) mass is 193 g/mol. The first kappa shape index (κ1) is 10.9. The second-order valence-corrected chi connectivity index (χ2v) is 3.50. The fraction of sp³-hybridized carbons (Fsp3) is 0.167. The summed E-state index contributed by atoms with van der Waals surface area (Å²) in [7, 11) is -3.56. The number of rotatable bonds is 5. The van der Waals surface area contributed by atoms with Crippen molar-refractivity contribution in [1.82, 2.24) is 0 Å².